The molecule has 1 aromatic carbocycles. The van der Waals surface area contributed by atoms with Gasteiger partial charge in [0.25, 0.3) is 0 Å². The van der Waals surface area contributed by atoms with Gasteiger partial charge >= 0.3 is 0 Å². The Balaban J connectivity index is 2.35. The fraction of sp³-hybridized carbons (Fsp3) is 0.0769. The van der Waals surface area contributed by atoms with E-state index in [-0.39, 0.29) is 0 Å². The summed E-state index contributed by atoms with van der Waals surface area (Å²) in [6.45, 7) is 2.02. The van der Waals surface area contributed by atoms with Crippen molar-refractivity contribution >= 4 is 5.65 Å². The quantitative estimate of drug-likeness (QED) is 0.616. The Morgan fingerprint density at radius 1 is 1.12 bits per heavy atom. The van der Waals surface area contributed by atoms with Crippen LogP contribution in [-0.2, 0) is 0 Å². The molecule has 3 rings (SSSR count). The van der Waals surface area contributed by atoms with Gasteiger partial charge in [0.1, 0.15) is 0 Å². The molecule has 0 bridgehead atoms. The molecule has 2 heterocycles. The third kappa shape index (κ3) is 1.29. The Hall–Kier alpha value is -2.16. The Morgan fingerprint density at radius 2 is 1.94 bits per heavy atom. The first-order valence-electron chi connectivity index (χ1n) is 5.20. The zero-order valence-corrected chi connectivity index (χ0v) is 8.96. The second-order valence-corrected chi connectivity index (χ2v) is 3.72. The van der Waals surface area contributed by atoms with Crippen LogP contribution in [0.4, 0.5) is 0 Å². The normalized spacial score (nSPS) is 10.8. The van der Waals surface area contributed by atoms with Gasteiger partial charge in [0.15, 0.2) is 5.65 Å². The van der Waals surface area contributed by atoms with Crippen LogP contribution >= 0.6 is 0 Å². The van der Waals surface area contributed by atoms with E-state index in [0.29, 0.717) is 0 Å². The maximum Gasteiger partial charge on any atom is 0.156 e. The molecule has 0 fully saturated rings. The van der Waals surface area contributed by atoms with Crippen LogP contribution in [0.5, 0.6) is 0 Å². The summed E-state index contributed by atoms with van der Waals surface area (Å²) in [4.78, 5) is 8.57. The molecule has 16 heavy (non-hydrogen) atoms. The van der Waals surface area contributed by atoms with E-state index in [0.717, 1.165) is 17.0 Å². The molecule has 0 radical (unpaired) electrons. The van der Waals surface area contributed by atoms with E-state index in [1.807, 2.05) is 31.3 Å². The first kappa shape index (κ1) is 9.09. The number of imidazole rings is 1. The summed E-state index contributed by atoms with van der Waals surface area (Å²) in [7, 11) is 0. The van der Waals surface area contributed by atoms with Gasteiger partial charge in [-0.3, -0.25) is 9.38 Å². The van der Waals surface area contributed by atoms with Crippen LogP contribution < -0.4 is 0 Å². The van der Waals surface area contributed by atoms with E-state index >= 15 is 0 Å². The number of hydrogen-bond donors (Lipinski definition) is 0. The molecular formula is C13H11N3. The first-order valence-corrected chi connectivity index (χ1v) is 5.20. The minimum atomic E-state index is 0.888. The minimum Gasteiger partial charge on any atom is -0.297 e. The highest BCUT2D eigenvalue weighted by molar-refractivity contribution is 5.66. The molecule has 2 aromatic heterocycles. The van der Waals surface area contributed by atoms with Crippen molar-refractivity contribution in [3.05, 3.63) is 54.6 Å². The van der Waals surface area contributed by atoms with Crippen molar-refractivity contribution in [2.45, 2.75) is 6.92 Å². The monoisotopic (exact) mass is 209 g/mol. The molecule has 0 unspecified atom stereocenters. The summed E-state index contributed by atoms with van der Waals surface area (Å²) in [6, 6.07) is 10.3. The van der Waals surface area contributed by atoms with Crippen molar-refractivity contribution in [1.29, 1.82) is 0 Å². The summed E-state index contributed by atoms with van der Waals surface area (Å²) in [6.07, 6.45) is 5.50. The molecule has 3 heteroatoms. The van der Waals surface area contributed by atoms with Crippen LogP contribution in [0.15, 0.2) is 48.9 Å². The molecule has 3 nitrogen and oxygen atoms in total. The fourth-order valence-electron chi connectivity index (χ4n) is 1.97. The molecule has 0 amide bonds. The maximum atomic E-state index is 4.49. The number of fused-ring (bicyclic) bond motifs is 1. The van der Waals surface area contributed by atoms with Crippen LogP contribution in [0.1, 0.15) is 5.69 Å². The molecule has 0 saturated carbocycles. The van der Waals surface area contributed by atoms with Gasteiger partial charge in [-0.2, -0.15) is 0 Å². The van der Waals surface area contributed by atoms with Crippen molar-refractivity contribution < 1.29 is 0 Å². The van der Waals surface area contributed by atoms with E-state index in [9.17, 15) is 0 Å². The molecule has 0 aliphatic carbocycles. The zero-order chi connectivity index (χ0) is 11.0. The Morgan fingerprint density at radius 3 is 2.75 bits per heavy atom. The number of benzene rings is 1. The minimum absolute atomic E-state index is 0.888. The summed E-state index contributed by atoms with van der Waals surface area (Å²) < 4.78 is 2.07. The molecule has 0 spiro atoms. The van der Waals surface area contributed by atoms with E-state index in [1.54, 1.807) is 12.4 Å². The molecule has 78 valence electrons. The standard InChI is InChI=1S/C13H11N3/c1-10-13(11-5-3-2-4-6-11)16-8-7-14-9-12(16)15-10/h2-9H,1H3. The predicted molar refractivity (Wildman–Crippen MR) is 63.2 cm³/mol. The summed E-state index contributed by atoms with van der Waals surface area (Å²) in [5.41, 5.74) is 4.23. The van der Waals surface area contributed by atoms with Gasteiger partial charge in [0.2, 0.25) is 0 Å². The van der Waals surface area contributed by atoms with Crippen molar-refractivity contribution in [3.63, 3.8) is 0 Å². The lowest BCUT2D eigenvalue weighted by molar-refractivity contribution is 1.13. The molecule has 0 aliphatic heterocycles. The second kappa shape index (κ2) is 3.45. The SMILES string of the molecule is Cc1nc2cnccn2c1-c1ccccc1. The van der Waals surface area contributed by atoms with Crippen LogP contribution in [0.3, 0.4) is 0 Å². The van der Waals surface area contributed by atoms with Crippen molar-refractivity contribution in [1.82, 2.24) is 14.4 Å². The molecule has 0 saturated heterocycles. The van der Waals surface area contributed by atoms with Crippen molar-refractivity contribution in [2.75, 3.05) is 0 Å². The van der Waals surface area contributed by atoms with Gasteiger partial charge in [-0.1, -0.05) is 30.3 Å². The van der Waals surface area contributed by atoms with Gasteiger partial charge < -0.3 is 0 Å². The van der Waals surface area contributed by atoms with Gasteiger partial charge in [0, 0.05) is 18.0 Å². The maximum absolute atomic E-state index is 4.49. The second-order valence-electron chi connectivity index (χ2n) is 3.72. The Bertz CT molecular complexity index is 626. The number of aryl methyl sites for hydroxylation is 1. The lowest BCUT2D eigenvalue weighted by Crippen LogP contribution is -1.89. The fourth-order valence-corrected chi connectivity index (χ4v) is 1.97. The largest absolute Gasteiger partial charge is 0.297 e. The van der Waals surface area contributed by atoms with Crippen molar-refractivity contribution in [2.24, 2.45) is 0 Å². The Kier molecular flexibility index (Phi) is 1.96. The first-order chi connectivity index (χ1) is 7.86. The average molecular weight is 209 g/mol. The molecule has 0 N–H and O–H groups in total. The topological polar surface area (TPSA) is 30.2 Å². The highest BCUT2D eigenvalue weighted by Crippen LogP contribution is 2.23. The highest BCUT2D eigenvalue weighted by atomic mass is 15.0. The van der Waals surface area contributed by atoms with Crippen molar-refractivity contribution in [3.8, 4) is 11.3 Å². The molecule has 3 aromatic rings. The molecular weight excluding hydrogens is 198 g/mol. The smallest absolute Gasteiger partial charge is 0.156 e. The average Bonchev–Trinajstić information content (AvgIpc) is 2.66. The van der Waals surface area contributed by atoms with Gasteiger partial charge in [-0.05, 0) is 6.92 Å². The lowest BCUT2D eigenvalue weighted by Gasteiger charge is -2.02. The third-order valence-corrected chi connectivity index (χ3v) is 2.65. The predicted octanol–water partition coefficient (Wildman–Crippen LogP) is 2.70. The number of rotatable bonds is 1. The van der Waals surface area contributed by atoms with E-state index in [4.69, 9.17) is 0 Å². The van der Waals surface area contributed by atoms with Crippen LogP contribution in [0.25, 0.3) is 16.9 Å². The van der Waals surface area contributed by atoms with E-state index < -0.39 is 0 Å². The van der Waals surface area contributed by atoms with Crippen LogP contribution in [0.2, 0.25) is 0 Å². The summed E-state index contributed by atoms with van der Waals surface area (Å²) in [5, 5.41) is 0. The van der Waals surface area contributed by atoms with Crippen LogP contribution in [0, 0.1) is 6.92 Å². The summed E-state index contributed by atoms with van der Waals surface area (Å²) in [5.74, 6) is 0. The zero-order valence-electron chi connectivity index (χ0n) is 8.96. The molecule has 0 aliphatic rings. The highest BCUT2D eigenvalue weighted by Gasteiger charge is 2.09. The molecule has 0 atom stereocenters. The Labute approximate surface area is 93.4 Å². The third-order valence-electron chi connectivity index (χ3n) is 2.65. The number of nitrogens with zero attached hydrogens (tertiary/aromatic N) is 3. The van der Waals surface area contributed by atoms with Crippen LogP contribution in [-0.4, -0.2) is 14.4 Å². The summed E-state index contributed by atoms with van der Waals surface area (Å²) >= 11 is 0. The van der Waals surface area contributed by atoms with Gasteiger partial charge in [-0.25, -0.2) is 4.98 Å². The van der Waals surface area contributed by atoms with Gasteiger partial charge in [0.05, 0.1) is 17.6 Å². The van der Waals surface area contributed by atoms with E-state index in [2.05, 4.69) is 26.5 Å². The van der Waals surface area contributed by atoms with E-state index in [1.165, 1.54) is 5.56 Å². The lowest BCUT2D eigenvalue weighted by atomic mass is 10.1. The van der Waals surface area contributed by atoms with Gasteiger partial charge in [-0.15, -0.1) is 0 Å². The number of aromatic nitrogens is 3. The number of hydrogen-bond acceptors (Lipinski definition) is 2.